The number of hydrogen-bond donors (Lipinski definition) is 1. The summed E-state index contributed by atoms with van der Waals surface area (Å²) in [4.78, 5) is 37.5. The molecule has 1 aromatic carbocycles. The summed E-state index contributed by atoms with van der Waals surface area (Å²) in [6, 6.07) is 4.99. The minimum Gasteiger partial charge on any atom is -0.452 e. The van der Waals surface area contributed by atoms with E-state index in [2.05, 4.69) is 5.32 Å². The summed E-state index contributed by atoms with van der Waals surface area (Å²) in [5.41, 5.74) is 2.00. The molecule has 0 aromatic heterocycles. The van der Waals surface area contributed by atoms with Gasteiger partial charge in [-0.15, -0.1) is 0 Å². The lowest BCUT2D eigenvalue weighted by molar-refractivity contribution is -0.146. The zero-order valence-electron chi connectivity index (χ0n) is 14.4. The standard InChI is InChI=1S/C18H22N2O5/c1-11-8-20(9-12(2)25-11)17(22)10-24-18(23)14-3-5-15-13(7-14)4-6-16(21)19-15/h3,5,7,11-12H,4,6,8-10H2,1-2H3,(H,19,21). The summed E-state index contributed by atoms with van der Waals surface area (Å²) >= 11 is 0. The highest BCUT2D eigenvalue weighted by molar-refractivity contribution is 5.96. The summed E-state index contributed by atoms with van der Waals surface area (Å²) in [7, 11) is 0. The maximum absolute atomic E-state index is 12.2. The first kappa shape index (κ1) is 17.4. The van der Waals surface area contributed by atoms with Gasteiger partial charge in [0.05, 0.1) is 17.8 Å². The number of esters is 1. The molecule has 2 heterocycles. The molecular weight excluding hydrogens is 324 g/mol. The molecule has 2 aliphatic heterocycles. The van der Waals surface area contributed by atoms with Crippen molar-refractivity contribution < 1.29 is 23.9 Å². The predicted octanol–water partition coefficient (Wildman–Crippen LogP) is 1.36. The molecule has 2 amide bonds. The molecule has 0 aliphatic carbocycles. The van der Waals surface area contributed by atoms with Crippen LogP contribution in [0.25, 0.3) is 0 Å². The minimum atomic E-state index is -0.539. The van der Waals surface area contributed by atoms with Gasteiger partial charge in [-0.05, 0) is 44.0 Å². The number of fused-ring (bicyclic) bond motifs is 1. The first-order chi connectivity index (χ1) is 11.9. The fraction of sp³-hybridized carbons (Fsp3) is 0.500. The van der Waals surface area contributed by atoms with Crippen molar-refractivity contribution in [3.05, 3.63) is 29.3 Å². The van der Waals surface area contributed by atoms with Crippen molar-refractivity contribution in [2.45, 2.75) is 38.9 Å². The van der Waals surface area contributed by atoms with Crippen LogP contribution < -0.4 is 5.32 Å². The van der Waals surface area contributed by atoms with E-state index in [1.54, 1.807) is 23.1 Å². The van der Waals surface area contributed by atoms with Crippen LogP contribution in [0, 0.1) is 0 Å². The normalized spacial score (nSPS) is 22.8. The van der Waals surface area contributed by atoms with Gasteiger partial charge in [0.1, 0.15) is 0 Å². The van der Waals surface area contributed by atoms with Gasteiger partial charge >= 0.3 is 5.97 Å². The Bertz CT molecular complexity index is 693. The summed E-state index contributed by atoms with van der Waals surface area (Å²) < 4.78 is 10.8. The number of rotatable bonds is 3. The van der Waals surface area contributed by atoms with Gasteiger partial charge in [0.2, 0.25) is 5.91 Å². The Morgan fingerprint density at radius 3 is 2.68 bits per heavy atom. The second-order valence-electron chi connectivity index (χ2n) is 6.55. The molecule has 2 aliphatic rings. The van der Waals surface area contributed by atoms with Gasteiger partial charge in [0.15, 0.2) is 6.61 Å². The Kier molecular flexibility index (Phi) is 5.03. The lowest BCUT2D eigenvalue weighted by Gasteiger charge is -2.35. The lowest BCUT2D eigenvalue weighted by atomic mass is 10.0. The van der Waals surface area contributed by atoms with E-state index < -0.39 is 5.97 Å². The zero-order valence-corrected chi connectivity index (χ0v) is 14.4. The molecule has 0 spiro atoms. The van der Waals surface area contributed by atoms with Crippen molar-refractivity contribution in [1.29, 1.82) is 0 Å². The average Bonchev–Trinajstić information content (AvgIpc) is 2.58. The number of nitrogens with one attached hydrogen (secondary N) is 1. The van der Waals surface area contributed by atoms with Gasteiger partial charge in [0, 0.05) is 25.2 Å². The monoisotopic (exact) mass is 346 g/mol. The van der Waals surface area contributed by atoms with E-state index in [9.17, 15) is 14.4 Å². The molecule has 134 valence electrons. The molecule has 7 heteroatoms. The van der Waals surface area contributed by atoms with E-state index in [1.807, 2.05) is 13.8 Å². The fourth-order valence-electron chi connectivity index (χ4n) is 3.19. The second-order valence-corrected chi connectivity index (χ2v) is 6.55. The molecule has 0 bridgehead atoms. The van der Waals surface area contributed by atoms with Crippen LogP contribution in [0.15, 0.2) is 18.2 Å². The SMILES string of the molecule is CC1CN(C(=O)COC(=O)c2ccc3c(c2)CCC(=O)N3)CC(C)O1. The number of nitrogens with zero attached hydrogens (tertiary/aromatic N) is 1. The van der Waals surface area contributed by atoms with E-state index in [-0.39, 0.29) is 30.6 Å². The van der Waals surface area contributed by atoms with Gasteiger partial charge in [-0.3, -0.25) is 9.59 Å². The molecule has 7 nitrogen and oxygen atoms in total. The molecule has 1 saturated heterocycles. The lowest BCUT2D eigenvalue weighted by Crippen LogP contribution is -2.49. The number of aryl methyl sites for hydroxylation is 1. The number of carbonyl (C=O) groups excluding carboxylic acids is 3. The number of carbonyl (C=O) groups is 3. The molecule has 0 saturated carbocycles. The molecule has 2 atom stereocenters. The van der Waals surface area contributed by atoms with Crippen molar-refractivity contribution in [3.63, 3.8) is 0 Å². The maximum Gasteiger partial charge on any atom is 0.338 e. The number of morpholine rings is 1. The van der Waals surface area contributed by atoms with Gasteiger partial charge in [0.25, 0.3) is 5.91 Å². The minimum absolute atomic E-state index is 0.0256. The van der Waals surface area contributed by atoms with Crippen molar-refractivity contribution in [3.8, 4) is 0 Å². The summed E-state index contributed by atoms with van der Waals surface area (Å²) in [6.45, 7) is 4.53. The van der Waals surface area contributed by atoms with E-state index in [1.165, 1.54) is 0 Å². The maximum atomic E-state index is 12.2. The largest absolute Gasteiger partial charge is 0.452 e. The van der Waals surface area contributed by atoms with E-state index in [0.717, 1.165) is 11.3 Å². The highest BCUT2D eigenvalue weighted by atomic mass is 16.5. The molecule has 25 heavy (non-hydrogen) atoms. The molecular formula is C18H22N2O5. The van der Waals surface area contributed by atoms with E-state index in [0.29, 0.717) is 31.5 Å². The molecule has 1 N–H and O–H groups in total. The van der Waals surface area contributed by atoms with Crippen LogP contribution in [0.1, 0.15) is 36.2 Å². The Labute approximate surface area is 146 Å². The average molecular weight is 346 g/mol. The van der Waals surface area contributed by atoms with Gasteiger partial charge in [-0.2, -0.15) is 0 Å². The number of hydrogen-bond acceptors (Lipinski definition) is 5. The molecule has 0 radical (unpaired) electrons. The quantitative estimate of drug-likeness (QED) is 0.836. The second kappa shape index (κ2) is 7.23. The van der Waals surface area contributed by atoms with Crippen molar-refractivity contribution in [1.82, 2.24) is 4.90 Å². The topological polar surface area (TPSA) is 84.9 Å². The third-order valence-electron chi connectivity index (χ3n) is 4.34. The van der Waals surface area contributed by atoms with Gasteiger partial charge in [-0.1, -0.05) is 0 Å². The zero-order chi connectivity index (χ0) is 18.0. The van der Waals surface area contributed by atoms with Gasteiger partial charge < -0.3 is 19.7 Å². The summed E-state index contributed by atoms with van der Waals surface area (Å²) in [5, 5.41) is 2.76. The Morgan fingerprint density at radius 1 is 1.24 bits per heavy atom. The summed E-state index contributed by atoms with van der Waals surface area (Å²) in [6.07, 6.45) is 0.931. The fourth-order valence-corrected chi connectivity index (χ4v) is 3.19. The number of amides is 2. The molecule has 3 rings (SSSR count). The molecule has 1 aromatic rings. The first-order valence-electron chi connectivity index (χ1n) is 8.45. The van der Waals surface area contributed by atoms with Crippen LogP contribution in [-0.4, -0.2) is 54.6 Å². The molecule has 1 fully saturated rings. The van der Waals surface area contributed by atoms with Crippen LogP contribution in [0.5, 0.6) is 0 Å². The van der Waals surface area contributed by atoms with Crippen molar-refractivity contribution >= 4 is 23.5 Å². The molecule has 2 unspecified atom stereocenters. The van der Waals surface area contributed by atoms with Crippen LogP contribution in [-0.2, 0) is 25.5 Å². The van der Waals surface area contributed by atoms with Gasteiger partial charge in [-0.25, -0.2) is 4.79 Å². The number of ether oxygens (including phenoxy) is 2. The van der Waals surface area contributed by atoms with Crippen LogP contribution in [0.2, 0.25) is 0 Å². The third-order valence-corrected chi connectivity index (χ3v) is 4.34. The van der Waals surface area contributed by atoms with Crippen molar-refractivity contribution in [2.24, 2.45) is 0 Å². The smallest absolute Gasteiger partial charge is 0.338 e. The Balaban J connectivity index is 1.57. The first-order valence-corrected chi connectivity index (χ1v) is 8.45. The number of anilines is 1. The Hall–Kier alpha value is -2.41. The van der Waals surface area contributed by atoms with E-state index in [4.69, 9.17) is 9.47 Å². The van der Waals surface area contributed by atoms with Crippen LogP contribution in [0.3, 0.4) is 0 Å². The van der Waals surface area contributed by atoms with Crippen LogP contribution >= 0.6 is 0 Å². The third kappa shape index (κ3) is 4.17. The summed E-state index contributed by atoms with van der Waals surface area (Å²) in [5.74, 6) is -0.787. The number of benzene rings is 1. The van der Waals surface area contributed by atoms with E-state index >= 15 is 0 Å². The Morgan fingerprint density at radius 2 is 1.96 bits per heavy atom. The van der Waals surface area contributed by atoms with Crippen molar-refractivity contribution in [2.75, 3.05) is 25.0 Å². The highest BCUT2D eigenvalue weighted by Gasteiger charge is 2.26. The highest BCUT2D eigenvalue weighted by Crippen LogP contribution is 2.23. The predicted molar refractivity (Wildman–Crippen MR) is 90.3 cm³/mol. The van der Waals surface area contributed by atoms with Crippen LogP contribution in [0.4, 0.5) is 5.69 Å².